The molecular weight excluding hydrogens is 172 g/mol. The van der Waals surface area contributed by atoms with E-state index in [-0.39, 0.29) is 24.6 Å². The molecule has 0 saturated carbocycles. The number of carbonyl (C=O) groups is 2. The van der Waals surface area contributed by atoms with Crippen LogP contribution in [0.15, 0.2) is 0 Å². The molecule has 0 amide bonds. The first-order chi connectivity index (χ1) is 6.10. The third kappa shape index (κ3) is 6.13. The van der Waals surface area contributed by atoms with Gasteiger partial charge in [-0.3, -0.25) is 9.59 Å². The summed E-state index contributed by atoms with van der Waals surface area (Å²) >= 11 is 0. The number of esters is 2. The maximum Gasteiger partial charge on any atom is 0.305 e. The van der Waals surface area contributed by atoms with Crippen molar-refractivity contribution in [3.63, 3.8) is 0 Å². The van der Waals surface area contributed by atoms with Gasteiger partial charge >= 0.3 is 11.9 Å². The van der Waals surface area contributed by atoms with E-state index < -0.39 is 0 Å². The second-order valence-electron chi connectivity index (χ2n) is 2.68. The normalized spacial score (nSPS) is 11.9. The predicted octanol–water partition coefficient (Wildman–Crippen LogP) is 1.28. The summed E-state index contributed by atoms with van der Waals surface area (Å²) < 4.78 is 9.71. The zero-order valence-corrected chi connectivity index (χ0v) is 8.33. The van der Waals surface area contributed by atoms with Gasteiger partial charge in [-0.25, -0.2) is 0 Å². The SMILES string of the molecule is CCC(=O)OC(CC)COC(C)=O. The molecule has 13 heavy (non-hydrogen) atoms. The van der Waals surface area contributed by atoms with Crippen molar-refractivity contribution in [2.45, 2.75) is 39.7 Å². The molecule has 0 aromatic heterocycles. The van der Waals surface area contributed by atoms with E-state index in [0.29, 0.717) is 12.8 Å². The summed E-state index contributed by atoms with van der Waals surface area (Å²) in [5.74, 6) is -0.620. The maximum absolute atomic E-state index is 10.9. The molecule has 0 rings (SSSR count). The summed E-state index contributed by atoms with van der Waals surface area (Å²) in [5, 5.41) is 0. The molecule has 1 unspecified atom stereocenters. The summed E-state index contributed by atoms with van der Waals surface area (Å²) in [5.41, 5.74) is 0. The highest BCUT2D eigenvalue weighted by atomic mass is 16.6. The fraction of sp³-hybridized carbons (Fsp3) is 0.778. The third-order valence-corrected chi connectivity index (χ3v) is 1.51. The highest BCUT2D eigenvalue weighted by molar-refractivity contribution is 5.69. The summed E-state index contributed by atoms with van der Waals surface area (Å²) in [7, 11) is 0. The lowest BCUT2D eigenvalue weighted by Crippen LogP contribution is -2.23. The molecular formula is C9H16O4. The van der Waals surface area contributed by atoms with Crippen molar-refractivity contribution in [2.24, 2.45) is 0 Å². The van der Waals surface area contributed by atoms with Crippen LogP contribution in [-0.2, 0) is 19.1 Å². The van der Waals surface area contributed by atoms with Gasteiger partial charge in [0.2, 0.25) is 0 Å². The second kappa shape index (κ2) is 6.46. The molecule has 0 aliphatic carbocycles. The number of ether oxygens (including phenoxy) is 2. The van der Waals surface area contributed by atoms with E-state index in [4.69, 9.17) is 9.47 Å². The maximum atomic E-state index is 10.9. The Morgan fingerprint density at radius 2 is 1.92 bits per heavy atom. The van der Waals surface area contributed by atoms with Crippen molar-refractivity contribution in [1.29, 1.82) is 0 Å². The Bertz CT molecular complexity index is 176. The lowest BCUT2D eigenvalue weighted by molar-refractivity contribution is -0.157. The van der Waals surface area contributed by atoms with Gasteiger partial charge in [-0.2, -0.15) is 0 Å². The van der Waals surface area contributed by atoms with Gasteiger partial charge < -0.3 is 9.47 Å². The van der Waals surface area contributed by atoms with Gasteiger partial charge in [0.15, 0.2) is 0 Å². The molecule has 0 bridgehead atoms. The number of carbonyl (C=O) groups excluding carboxylic acids is 2. The Morgan fingerprint density at radius 3 is 2.31 bits per heavy atom. The van der Waals surface area contributed by atoms with Crippen molar-refractivity contribution in [3.8, 4) is 0 Å². The van der Waals surface area contributed by atoms with E-state index in [2.05, 4.69) is 0 Å². The van der Waals surface area contributed by atoms with Crippen LogP contribution < -0.4 is 0 Å². The average Bonchev–Trinajstić information content (AvgIpc) is 2.11. The lowest BCUT2D eigenvalue weighted by Gasteiger charge is -2.14. The molecule has 4 nitrogen and oxygen atoms in total. The van der Waals surface area contributed by atoms with E-state index in [1.807, 2.05) is 6.92 Å². The standard InChI is InChI=1S/C9H16O4/c1-4-8(6-12-7(3)10)13-9(11)5-2/h8H,4-6H2,1-3H3. The Hall–Kier alpha value is -1.06. The first-order valence-corrected chi connectivity index (χ1v) is 4.43. The highest BCUT2D eigenvalue weighted by Gasteiger charge is 2.12. The van der Waals surface area contributed by atoms with Crippen molar-refractivity contribution in [1.82, 2.24) is 0 Å². The predicted molar refractivity (Wildman–Crippen MR) is 47.1 cm³/mol. The van der Waals surface area contributed by atoms with Crippen LogP contribution in [0.25, 0.3) is 0 Å². The van der Waals surface area contributed by atoms with Gasteiger partial charge in [0.25, 0.3) is 0 Å². The van der Waals surface area contributed by atoms with Crippen molar-refractivity contribution < 1.29 is 19.1 Å². The van der Waals surface area contributed by atoms with E-state index in [0.717, 1.165) is 0 Å². The van der Waals surface area contributed by atoms with Crippen LogP contribution in [0.1, 0.15) is 33.6 Å². The number of hydrogen-bond acceptors (Lipinski definition) is 4. The molecule has 0 aromatic rings. The van der Waals surface area contributed by atoms with Crippen LogP contribution in [0.4, 0.5) is 0 Å². The molecule has 0 aliphatic rings. The fourth-order valence-corrected chi connectivity index (χ4v) is 0.715. The Morgan fingerprint density at radius 1 is 1.31 bits per heavy atom. The molecule has 76 valence electrons. The fourth-order valence-electron chi connectivity index (χ4n) is 0.715. The molecule has 0 heterocycles. The zero-order chi connectivity index (χ0) is 10.3. The van der Waals surface area contributed by atoms with Crippen LogP contribution in [0.2, 0.25) is 0 Å². The number of rotatable bonds is 5. The van der Waals surface area contributed by atoms with E-state index in [9.17, 15) is 9.59 Å². The van der Waals surface area contributed by atoms with E-state index in [1.165, 1.54) is 6.92 Å². The molecule has 1 atom stereocenters. The summed E-state index contributed by atoms with van der Waals surface area (Å²) in [4.78, 5) is 21.3. The van der Waals surface area contributed by atoms with Crippen molar-refractivity contribution in [3.05, 3.63) is 0 Å². The molecule has 0 radical (unpaired) electrons. The molecule has 0 fully saturated rings. The topological polar surface area (TPSA) is 52.6 Å². The summed E-state index contributed by atoms with van der Waals surface area (Å²) in [6.45, 7) is 5.07. The minimum absolute atomic E-state index is 0.150. The largest absolute Gasteiger partial charge is 0.462 e. The monoisotopic (exact) mass is 188 g/mol. The van der Waals surface area contributed by atoms with E-state index in [1.54, 1.807) is 6.92 Å². The highest BCUT2D eigenvalue weighted by Crippen LogP contribution is 2.01. The molecule has 0 aromatic carbocycles. The zero-order valence-electron chi connectivity index (χ0n) is 8.33. The van der Waals surface area contributed by atoms with Crippen LogP contribution in [0, 0.1) is 0 Å². The van der Waals surface area contributed by atoms with Gasteiger partial charge in [0.05, 0.1) is 0 Å². The Labute approximate surface area is 78.2 Å². The summed E-state index contributed by atoms with van der Waals surface area (Å²) in [6.07, 6.45) is 0.687. The number of hydrogen-bond donors (Lipinski definition) is 0. The molecule has 4 heteroatoms. The average molecular weight is 188 g/mol. The van der Waals surface area contributed by atoms with Gasteiger partial charge in [-0.1, -0.05) is 13.8 Å². The van der Waals surface area contributed by atoms with Crippen molar-refractivity contribution >= 4 is 11.9 Å². The van der Waals surface area contributed by atoms with Crippen LogP contribution >= 0.6 is 0 Å². The van der Waals surface area contributed by atoms with Gasteiger partial charge in [0.1, 0.15) is 12.7 Å². The quantitative estimate of drug-likeness (QED) is 0.610. The van der Waals surface area contributed by atoms with Gasteiger partial charge in [-0.05, 0) is 6.42 Å². The lowest BCUT2D eigenvalue weighted by atomic mass is 10.3. The van der Waals surface area contributed by atoms with Gasteiger partial charge in [0, 0.05) is 13.3 Å². The molecule has 0 aliphatic heterocycles. The van der Waals surface area contributed by atoms with Crippen LogP contribution in [-0.4, -0.2) is 24.6 Å². The minimum atomic E-state index is -0.356. The second-order valence-corrected chi connectivity index (χ2v) is 2.68. The molecule has 0 spiro atoms. The Balaban J connectivity index is 3.75. The first kappa shape index (κ1) is 11.9. The van der Waals surface area contributed by atoms with Crippen LogP contribution in [0.5, 0.6) is 0 Å². The van der Waals surface area contributed by atoms with E-state index >= 15 is 0 Å². The minimum Gasteiger partial charge on any atom is -0.462 e. The van der Waals surface area contributed by atoms with Crippen LogP contribution in [0.3, 0.4) is 0 Å². The molecule has 0 N–H and O–H groups in total. The van der Waals surface area contributed by atoms with Crippen molar-refractivity contribution in [2.75, 3.05) is 6.61 Å². The summed E-state index contributed by atoms with van der Waals surface area (Å²) in [6, 6.07) is 0. The molecule has 0 saturated heterocycles. The van der Waals surface area contributed by atoms with Gasteiger partial charge in [-0.15, -0.1) is 0 Å². The smallest absolute Gasteiger partial charge is 0.305 e. The third-order valence-electron chi connectivity index (χ3n) is 1.51. The first-order valence-electron chi connectivity index (χ1n) is 4.43. The Kier molecular flexibility index (Phi) is 5.93.